The summed E-state index contributed by atoms with van der Waals surface area (Å²) >= 11 is 1.44. The maximum absolute atomic E-state index is 12.3. The molecule has 3 aromatic rings. The van der Waals surface area contributed by atoms with Gasteiger partial charge in [-0.3, -0.25) is 4.79 Å². The standard InChI is InChI=1S/C16H14N2O3S2/c19-16(8-6-14-10-22-11-17-14)18-23(20,21)15-7-5-12-3-1-2-4-13(12)9-15/h1-5,7,9-11H,6,8H2,(H,18,19). The van der Waals surface area contributed by atoms with Crippen LogP contribution in [0.15, 0.2) is 58.3 Å². The molecule has 0 saturated carbocycles. The average Bonchev–Trinajstić information content (AvgIpc) is 3.05. The molecule has 0 unspecified atom stereocenters. The second kappa shape index (κ2) is 6.47. The highest BCUT2D eigenvalue weighted by Crippen LogP contribution is 2.18. The lowest BCUT2D eigenvalue weighted by Crippen LogP contribution is -2.30. The topological polar surface area (TPSA) is 76.1 Å². The van der Waals surface area contributed by atoms with E-state index in [1.807, 2.05) is 29.6 Å². The van der Waals surface area contributed by atoms with Gasteiger partial charge in [-0.15, -0.1) is 11.3 Å². The summed E-state index contributed by atoms with van der Waals surface area (Å²) in [7, 11) is -3.86. The van der Waals surface area contributed by atoms with Crippen molar-refractivity contribution in [1.82, 2.24) is 9.71 Å². The van der Waals surface area contributed by atoms with Crippen LogP contribution in [0.1, 0.15) is 12.1 Å². The third-order valence-corrected chi connectivity index (χ3v) is 5.38. The van der Waals surface area contributed by atoms with Gasteiger partial charge in [-0.25, -0.2) is 18.1 Å². The second-order valence-electron chi connectivity index (χ2n) is 5.02. The highest BCUT2D eigenvalue weighted by molar-refractivity contribution is 7.90. The molecule has 7 heteroatoms. The van der Waals surface area contributed by atoms with Crippen molar-refractivity contribution < 1.29 is 13.2 Å². The van der Waals surface area contributed by atoms with Crippen molar-refractivity contribution in [3.63, 3.8) is 0 Å². The van der Waals surface area contributed by atoms with Crippen LogP contribution in [0, 0.1) is 0 Å². The van der Waals surface area contributed by atoms with Gasteiger partial charge >= 0.3 is 0 Å². The van der Waals surface area contributed by atoms with E-state index < -0.39 is 15.9 Å². The molecular formula is C16H14N2O3S2. The van der Waals surface area contributed by atoms with Crippen LogP contribution in [0.2, 0.25) is 0 Å². The van der Waals surface area contributed by atoms with Crippen molar-refractivity contribution in [3.8, 4) is 0 Å². The Hall–Kier alpha value is -2.25. The minimum Gasteiger partial charge on any atom is -0.274 e. The number of aryl methyl sites for hydroxylation is 1. The lowest BCUT2D eigenvalue weighted by molar-refractivity contribution is -0.119. The number of fused-ring (bicyclic) bond motifs is 1. The largest absolute Gasteiger partial charge is 0.274 e. The first kappa shape index (κ1) is 15.6. The minimum atomic E-state index is -3.86. The predicted octanol–water partition coefficient (Wildman–Crippen LogP) is 2.73. The second-order valence-corrected chi connectivity index (χ2v) is 7.42. The van der Waals surface area contributed by atoms with E-state index in [-0.39, 0.29) is 11.3 Å². The van der Waals surface area contributed by atoms with Crippen molar-refractivity contribution in [1.29, 1.82) is 0 Å². The van der Waals surface area contributed by atoms with Gasteiger partial charge in [0, 0.05) is 11.8 Å². The molecule has 1 aromatic heterocycles. The van der Waals surface area contributed by atoms with Gasteiger partial charge in [0.2, 0.25) is 5.91 Å². The van der Waals surface area contributed by atoms with Crippen molar-refractivity contribution in [2.45, 2.75) is 17.7 Å². The number of sulfonamides is 1. The van der Waals surface area contributed by atoms with E-state index in [0.717, 1.165) is 16.5 Å². The van der Waals surface area contributed by atoms with E-state index in [0.29, 0.717) is 6.42 Å². The van der Waals surface area contributed by atoms with E-state index in [1.54, 1.807) is 17.6 Å². The molecule has 0 radical (unpaired) electrons. The number of hydrogen-bond acceptors (Lipinski definition) is 5. The molecule has 0 atom stereocenters. The van der Waals surface area contributed by atoms with Crippen LogP contribution >= 0.6 is 11.3 Å². The number of rotatable bonds is 5. The molecule has 2 aromatic carbocycles. The number of aromatic nitrogens is 1. The van der Waals surface area contributed by atoms with Crippen LogP contribution in [0.5, 0.6) is 0 Å². The Kier molecular flexibility index (Phi) is 4.40. The molecule has 1 heterocycles. The van der Waals surface area contributed by atoms with Gasteiger partial charge in [0.05, 0.1) is 16.1 Å². The molecule has 0 spiro atoms. The number of carbonyl (C=O) groups is 1. The number of nitrogens with one attached hydrogen (secondary N) is 1. The number of nitrogens with zero attached hydrogens (tertiary/aromatic N) is 1. The van der Waals surface area contributed by atoms with Gasteiger partial charge in [-0.1, -0.05) is 30.3 Å². The quantitative estimate of drug-likeness (QED) is 0.771. The van der Waals surface area contributed by atoms with Crippen molar-refractivity contribution >= 4 is 38.0 Å². The van der Waals surface area contributed by atoms with Gasteiger partial charge in [0.15, 0.2) is 0 Å². The van der Waals surface area contributed by atoms with E-state index in [9.17, 15) is 13.2 Å². The van der Waals surface area contributed by atoms with Gasteiger partial charge < -0.3 is 0 Å². The zero-order valence-corrected chi connectivity index (χ0v) is 13.7. The molecule has 0 aliphatic heterocycles. The Balaban J connectivity index is 1.73. The fourth-order valence-corrected chi connectivity index (χ4v) is 3.84. The van der Waals surface area contributed by atoms with Crippen LogP contribution in [0.3, 0.4) is 0 Å². The van der Waals surface area contributed by atoms with E-state index >= 15 is 0 Å². The van der Waals surface area contributed by atoms with Crippen LogP contribution in [0.25, 0.3) is 10.8 Å². The summed E-state index contributed by atoms with van der Waals surface area (Å²) in [5.74, 6) is -0.536. The molecule has 0 fully saturated rings. The van der Waals surface area contributed by atoms with Crippen molar-refractivity contribution in [2.24, 2.45) is 0 Å². The van der Waals surface area contributed by atoms with Crippen LogP contribution < -0.4 is 4.72 Å². The molecule has 0 aliphatic rings. The van der Waals surface area contributed by atoms with E-state index in [1.165, 1.54) is 17.4 Å². The first-order chi connectivity index (χ1) is 11.0. The summed E-state index contributed by atoms with van der Waals surface area (Å²) < 4.78 is 26.7. The van der Waals surface area contributed by atoms with Crippen molar-refractivity contribution in [3.05, 3.63) is 59.0 Å². The average molecular weight is 346 g/mol. The van der Waals surface area contributed by atoms with Crippen LogP contribution in [0.4, 0.5) is 0 Å². The molecular weight excluding hydrogens is 332 g/mol. The molecule has 1 N–H and O–H groups in total. The van der Waals surface area contributed by atoms with E-state index in [2.05, 4.69) is 9.71 Å². The summed E-state index contributed by atoms with van der Waals surface area (Å²) in [6.07, 6.45) is 0.499. The molecule has 0 bridgehead atoms. The smallest absolute Gasteiger partial charge is 0.264 e. The number of benzene rings is 2. The Labute approximate surface area is 138 Å². The summed E-state index contributed by atoms with van der Waals surface area (Å²) in [6, 6.07) is 12.2. The molecule has 1 amide bonds. The van der Waals surface area contributed by atoms with Crippen molar-refractivity contribution in [2.75, 3.05) is 0 Å². The third-order valence-electron chi connectivity index (χ3n) is 3.37. The Morgan fingerprint density at radius 1 is 1.13 bits per heavy atom. The zero-order valence-electron chi connectivity index (χ0n) is 12.1. The molecule has 0 saturated heterocycles. The molecule has 0 aliphatic carbocycles. The zero-order chi connectivity index (χ0) is 16.3. The third kappa shape index (κ3) is 3.75. The van der Waals surface area contributed by atoms with Crippen LogP contribution in [-0.2, 0) is 21.2 Å². The Morgan fingerprint density at radius 2 is 1.91 bits per heavy atom. The van der Waals surface area contributed by atoms with E-state index in [4.69, 9.17) is 0 Å². The normalized spacial score (nSPS) is 11.5. The maximum Gasteiger partial charge on any atom is 0.264 e. The minimum absolute atomic E-state index is 0.0799. The first-order valence-electron chi connectivity index (χ1n) is 6.96. The highest BCUT2D eigenvalue weighted by atomic mass is 32.2. The summed E-state index contributed by atoms with van der Waals surface area (Å²) in [6.45, 7) is 0. The molecule has 5 nitrogen and oxygen atoms in total. The Morgan fingerprint density at radius 3 is 2.65 bits per heavy atom. The van der Waals surface area contributed by atoms with Gasteiger partial charge in [0.25, 0.3) is 10.0 Å². The van der Waals surface area contributed by atoms with Gasteiger partial charge in [-0.2, -0.15) is 0 Å². The van der Waals surface area contributed by atoms with Crippen LogP contribution in [-0.4, -0.2) is 19.3 Å². The molecule has 3 rings (SSSR count). The lowest BCUT2D eigenvalue weighted by Gasteiger charge is -2.07. The van der Waals surface area contributed by atoms with Gasteiger partial charge in [-0.05, 0) is 29.3 Å². The fraction of sp³-hybridized carbons (Fsp3) is 0.125. The predicted molar refractivity (Wildman–Crippen MR) is 89.7 cm³/mol. The Bertz CT molecular complexity index is 935. The number of carbonyl (C=O) groups excluding carboxylic acids is 1. The number of amides is 1. The number of hydrogen-bond donors (Lipinski definition) is 1. The highest BCUT2D eigenvalue weighted by Gasteiger charge is 2.18. The first-order valence-corrected chi connectivity index (χ1v) is 9.39. The molecule has 118 valence electrons. The summed E-state index contributed by atoms with van der Waals surface area (Å²) in [5, 5.41) is 3.59. The SMILES string of the molecule is O=C(CCc1cscn1)NS(=O)(=O)c1ccc2ccccc2c1. The maximum atomic E-state index is 12.3. The van der Waals surface area contributed by atoms with Gasteiger partial charge in [0.1, 0.15) is 0 Å². The summed E-state index contributed by atoms with van der Waals surface area (Å²) in [4.78, 5) is 16.0. The fourth-order valence-electron chi connectivity index (χ4n) is 2.20. The monoisotopic (exact) mass is 346 g/mol. The lowest BCUT2D eigenvalue weighted by atomic mass is 10.1. The summed E-state index contributed by atoms with van der Waals surface area (Å²) in [5.41, 5.74) is 2.47. The number of thiazole rings is 1. The molecule has 23 heavy (non-hydrogen) atoms.